The fourth-order valence-electron chi connectivity index (χ4n) is 1.88. The zero-order valence-corrected chi connectivity index (χ0v) is 9.26. The van der Waals surface area contributed by atoms with Gasteiger partial charge in [-0.1, -0.05) is 12.1 Å². The average molecular weight is 216 g/mol. The van der Waals surface area contributed by atoms with Crippen LogP contribution in [0.2, 0.25) is 0 Å². The molecule has 0 aliphatic heterocycles. The molecule has 0 unspecified atom stereocenters. The standard InChI is InChI=1S/C13H16N2O/c14-9-11-1-3-12(4-2-11)10-15(7-8-16)13-5-6-13/h1-4,13,16H,5-8,10H2. The maximum Gasteiger partial charge on any atom is 0.0991 e. The number of hydrogen-bond acceptors (Lipinski definition) is 3. The average Bonchev–Trinajstić information content (AvgIpc) is 3.13. The van der Waals surface area contributed by atoms with Gasteiger partial charge < -0.3 is 5.11 Å². The molecule has 0 radical (unpaired) electrons. The van der Waals surface area contributed by atoms with E-state index >= 15 is 0 Å². The summed E-state index contributed by atoms with van der Waals surface area (Å²) in [6, 6.07) is 10.4. The van der Waals surface area contributed by atoms with E-state index < -0.39 is 0 Å². The summed E-state index contributed by atoms with van der Waals surface area (Å²) < 4.78 is 0. The molecule has 1 saturated carbocycles. The Morgan fingerprint density at radius 1 is 1.31 bits per heavy atom. The van der Waals surface area contributed by atoms with Crippen LogP contribution in [0.3, 0.4) is 0 Å². The van der Waals surface area contributed by atoms with E-state index in [-0.39, 0.29) is 6.61 Å². The highest BCUT2D eigenvalue weighted by Crippen LogP contribution is 2.27. The fraction of sp³-hybridized carbons (Fsp3) is 0.462. The summed E-state index contributed by atoms with van der Waals surface area (Å²) in [5, 5.41) is 17.7. The van der Waals surface area contributed by atoms with E-state index in [4.69, 9.17) is 10.4 Å². The number of aliphatic hydroxyl groups is 1. The smallest absolute Gasteiger partial charge is 0.0991 e. The highest BCUT2D eigenvalue weighted by atomic mass is 16.3. The third-order valence-electron chi connectivity index (χ3n) is 2.92. The number of aliphatic hydroxyl groups excluding tert-OH is 1. The zero-order valence-electron chi connectivity index (χ0n) is 9.26. The molecule has 84 valence electrons. The Labute approximate surface area is 95.9 Å². The van der Waals surface area contributed by atoms with E-state index in [1.807, 2.05) is 24.3 Å². The number of nitriles is 1. The third-order valence-corrected chi connectivity index (χ3v) is 2.92. The van der Waals surface area contributed by atoms with Gasteiger partial charge >= 0.3 is 0 Å². The molecule has 3 heteroatoms. The van der Waals surface area contributed by atoms with Gasteiger partial charge in [-0.05, 0) is 30.5 Å². The highest BCUT2D eigenvalue weighted by molar-refractivity contribution is 5.31. The van der Waals surface area contributed by atoms with Crippen molar-refractivity contribution >= 4 is 0 Å². The van der Waals surface area contributed by atoms with Gasteiger partial charge in [-0.3, -0.25) is 4.90 Å². The summed E-state index contributed by atoms with van der Waals surface area (Å²) in [6.45, 7) is 1.83. The molecule has 0 aromatic heterocycles. The van der Waals surface area contributed by atoms with Crippen LogP contribution in [0, 0.1) is 11.3 Å². The van der Waals surface area contributed by atoms with Crippen molar-refractivity contribution in [3.63, 3.8) is 0 Å². The highest BCUT2D eigenvalue weighted by Gasteiger charge is 2.28. The van der Waals surface area contributed by atoms with Crippen molar-refractivity contribution in [3.8, 4) is 6.07 Å². The lowest BCUT2D eigenvalue weighted by atomic mass is 10.1. The number of nitrogens with zero attached hydrogens (tertiary/aromatic N) is 2. The first-order chi connectivity index (χ1) is 7.83. The zero-order chi connectivity index (χ0) is 11.4. The van der Waals surface area contributed by atoms with Gasteiger partial charge in [-0.15, -0.1) is 0 Å². The molecule has 0 saturated heterocycles. The number of hydrogen-bond donors (Lipinski definition) is 1. The first kappa shape index (κ1) is 11.1. The van der Waals surface area contributed by atoms with Crippen LogP contribution in [0.5, 0.6) is 0 Å². The topological polar surface area (TPSA) is 47.3 Å². The molecule has 1 aliphatic rings. The molecular formula is C13H16N2O. The number of benzene rings is 1. The van der Waals surface area contributed by atoms with E-state index in [2.05, 4.69) is 11.0 Å². The Balaban J connectivity index is 1.98. The molecule has 0 spiro atoms. The van der Waals surface area contributed by atoms with Crippen molar-refractivity contribution < 1.29 is 5.11 Å². The molecule has 2 rings (SSSR count). The minimum atomic E-state index is 0.215. The van der Waals surface area contributed by atoms with E-state index in [1.54, 1.807) is 0 Å². The normalized spacial score (nSPS) is 15.1. The van der Waals surface area contributed by atoms with Crippen molar-refractivity contribution in [2.24, 2.45) is 0 Å². The molecule has 1 fully saturated rings. The van der Waals surface area contributed by atoms with Crippen LogP contribution in [0.1, 0.15) is 24.0 Å². The van der Waals surface area contributed by atoms with E-state index in [1.165, 1.54) is 18.4 Å². The monoisotopic (exact) mass is 216 g/mol. The predicted octanol–water partition coefficient (Wildman–Crippen LogP) is 1.51. The summed E-state index contributed by atoms with van der Waals surface area (Å²) in [6.07, 6.45) is 2.49. The van der Waals surface area contributed by atoms with Gasteiger partial charge in [0.15, 0.2) is 0 Å². The summed E-state index contributed by atoms with van der Waals surface area (Å²) >= 11 is 0. The molecule has 3 nitrogen and oxygen atoms in total. The fourth-order valence-corrected chi connectivity index (χ4v) is 1.88. The lowest BCUT2D eigenvalue weighted by molar-refractivity contribution is 0.183. The van der Waals surface area contributed by atoms with Crippen LogP contribution in [-0.2, 0) is 6.54 Å². The molecule has 1 N–H and O–H groups in total. The lowest BCUT2D eigenvalue weighted by Crippen LogP contribution is -2.28. The van der Waals surface area contributed by atoms with Crippen molar-refractivity contribution in [2.75, 3.05) is 13.2 Å². The molecule has 0 atom stereocenters. The minimum absolute atomic E-state index is 0.215. The summed E-state index contributed by atoms with van der Waals surface area (Å²) in [7, 11) is 0. The first-order valence-corrected chi connectivity index (χ1v) is 5.67. The van der Waals surface area contributed by atoms with Crippen LogP contribution in [-0.4, -0.2) is 29.2 Å². The SMILES string of the molecule is N#Cc1ccc(CN(CCO)C2CC2)cc1. The van der Waals surface area contributed by atoms with Gasteiger partial charge in [0, 0.05) is 19.1 Å². The van der Waals surface area contributed by atoms with E-state index in [0.717, 1.165) is 13.1 Å². The molecule has 1 aliphatic carbocycles. The first-order valence-electron chi connectivity index (χ1n) is 5.67. The molecular weight excluding hydrogens is 200 g/mol. The van der Waals surface area contributed by atoms with Gasteiger partial charge in [0.05, 0.1) is 18.2 Å². The Morgan fingerprint density at radius 3 is 2.50 bits per heavy atom. The van der Waals surface area contributed by atoms with Gasteiger partial charge in [0.25, 0.3) is 0 Å². The van der Waals surface area contributed by atoms with E-state index in [9.17, 15) is 0 Å². The summed E-state index contributed by atoms with van der Waals surface area (Å²) in [4.78, 5) is 2.31. The largest absolute Gasteiger partial charge is 0.395 e. The second kappa shape index (κ2) is 5.11. The van der Waals surface area contributed by atoms with Crippen LogP contribution in [0.15, 0.2) is 24.3 Å². The second-order valence-corrected chi connectivity index (χ2v) is 4.23. The maximum atomic E-state index is 8.99. The second-order valence-electron chi connectivity index (χ2n) is 4.23. The maximum absolute atomic E-state index is 8.99. The molecule has 0 amide bonds. The van der Waals surface area contributed by atoms with Gasteiger partial charge in [0.2, 0.25) is 0 Å². The van der Waals surface area contributed by atoms with Crippen LogP contribution < -0.4 is 0 Å². The Kier molecular flexibility index (Phi) is 3.55. The summed E-state index contributed by atoms with van der Waals surface area (Å²) in [5.41, 5.74) is 1.91. The van der Waals surface area contributed by atoms with E-state index in [0.29, 0.717) is 11.6 Å². The van der Waals surface area contributed by atoms with Crippen molar-refractivity contribution in [1.29, 1.82) is 5.26 Å². The Morgan fingerprint density at radius 2 is 2.00 bits per heavy atom. The number of rotatable bonds is 5. The summed E-state index contributed by atoms with van der Waals surface area (Å²) in [5.74, 6) is 0. The quantitative estimate of drug-likeness (QED) is 0.811. The molecule has 1 aromatic rings. The van der Waals surface area contributed by atoms with Crippen LogP contribution >= 0.6 is 0 Å². The molecule has 16 heavy (non-hydrogen) atoms. The predicted molar refractivity (Wildman–Crippen MR) is 61.7 cm³/mol. The lowest BCUT2D eigenvalue weighted by Gasteiger charge is -2.20. The van der Waals surface area contributed by atoms with Crippen molar-refractivity contribution in [2.45, 2.75) is 25.4 Å². The van der Waals surface area contributed by atoms with Crippen molar-refractivity contribution in [3.05, 3.63) is 35.4 Å². The molecule has 0 bridgehead atoms. The van der Waals surface area contributed by atoms with Gasteiger partial charge in [-0.2, -0.15) is 5.26 Å². The minimum Gasteiger partial charge on any atom is -0.395 e. The van der Waals surface area contributed by atoms with Gasteiger partial charge in [0.1, 0.15) is 0 Å². The van der Waals surface area contributed by atoms with Crippen molar-refractivity contribution in [1.82, 2.24) is 4.90 Å². The molecule has 1 aromatic carbocycles. The Hall–Kier alpha value is -1.37. The van der Waals surface area contributed by atoms with Crippen LogP contribution in [0.25, 0.3) is 0 Å². The molecule has 0 heterocycles. The third kappa shape index (κ3) is 2.82. The Bertz CT molecular complexity index is 376. The van der Waals surface area contributed by atoms with Gasteiger partial charge in [-0.25, -0.2) is 0 Å². The van der Waals surface area contributed by atoms with Crippen LogP contribution in [0.4, 0.5) is 0 Å².